The van der Waals surface area contributed by atoms with E-state index in [0.29, 0.717) is 40.9 Å². The van der Waals surface area contributed by atoms with E-state index in [1.54, 1.807) is 16.8 Å². The highest BCUT2D eigenvalue weighted by atomic mass is 32.1. The van der Waals surface area contributed by atoms with E-state index in [9.17, 15) is 22.8 Å². The molecule has 1 saturated carbocycles. The molecule has 0 amide bonds. The molecule has 40 heavy (non-hydrogen) atoms. The largest absolute Gasteiger partial charge is 0.416 e. The molecule has 9 nitrogen and oxygen atoms in total. The Balaban J connectivity index is 1.64. The molecule has 3 heterocycles. The molecule has 1 fully saturated rings. The number of nitrogens with zero attached hydrogens (tertiary/aromatic N) is 7. The van der Waals surface area contributed by atoms with Crippen molar-refractivity contribution >= 4 is 28.5 Å². The molecule has 1 aliphatic rings. The van der Waals surface area contributed by atoms with Crippen LogP contribution in [0.5, 0.6) is 0 Å². The fourth-order valence-electron chi connectivity index (χ4n) is 4.86. The lowest BCUT2D eigenvalue weighted by molar-refractivity contribution is -0.137. The van der Waals surface area contributed by atoms with E-state index in [0.717, 1.165) is 31.5 Å². The van der Waals surface area contributed by atoms with Crippen molar-refractivity contribution in [2.75, 3.05) is 13.6 Å². The van der Waals surface area contributed by atoms with E-state index >= 15 is 0 Å². The molecule has 13 heteroatoms. The molecule has 1 aliphatic carbocycles. The summed E-state index contributed by atoms with van der Waals surface area (Å²) in [5.41, 5.74) is -0.249. The Bertz CT molecular complexity index is 1690. The molecule has 4 aromatic rings. The lowest BCUT2D eigenvalue weighted by Crippen LogP contribution is -2.41. The molecule has 0 aliphatic heterocycles. The van der Waals surface area contributed by atoms with Gasteiger partial charge in [0.1, 0.15) is 0 Å². The third-order valence-electron chi connectivity index (χ3n) is 7.02. The second kappa shape index (κ2) is 10.7. The average molecular weight is 574 g/mol. The van der Waals surface area contributed by atoms with Crippen LogP contribution in [0.3, 0.4) is 0 Å². The van der Waals surface area contributed by atoms with Gasteiger partial charge in [-0.2, -0.15) is 18.3 Å². The molecule has 212 valence electrons. The number of imidazole rings is 1. The summed E-state index contributed by atoms with van der Waals surface area (Å²) >= 11 is 5.88. The first kappa shape index (κ1) is 27.8. The van der Waals surface area contributed by atoms with Gasteiger partial charge in [0.05, 0.1) is 23.9 Å². The maximum absolute atomic E-state index is 13.7. The van der Waals surface area contributed by atoms with Crippen molar-refractivity contribution < 1.29 is 13.2 Å². The summed E-state index contributed by atoms with van der Waals surface area (Å²) in [4.78, 5) is 33.5. The summed E-state index contributed by atoms with van der Waals surface area (Å²) in [5, 5.41) is 4.73. The lowest BCUT2D eigenvalue weighted by Gasteiger charge is -2.22. The van der Waals surface area contributed by atoms with Crippen LogP contribution < -0.4 is 11.2 Å². The number of benzene rings is 1. The Labute approximate surface area is 233 Å². The molecule has 0 spiro atoms. The minimum atomic E-state index is -4.45. The summed E-state index contributed by atoms with van der Waals surface area (Å²) in [6.07, 6.45) is 1.57. The fourth-order valence-corrected chi connectivity index (χ4v) is 5.11. The van der Waals surface area contributed by atoms with E-state index in [1.807, 2.05) is 25.8 Å². The van der Waals surface area contributed by atoms with E-state index in [4.69, 9.17) is 17.2 Å². The summed E-state index contributed by atoms with van der Waals surface area (Å²) in [5.74, 6) is 0.868. The minimum absolute atomic E-state index is 0.0964. The van der Waals surface area contributed by atoms with Crippen LogP contribution in [0.4, 0.5) is 13.2 Å². The standard InChI is InChI=1S/C27H30F3N7O2S/c1-4-11-36-24(38)21-23(35(5-2)25(36)39)32-22(37(21)26(40)33(3)14-17-9-10-17)19-13-31-34(16-19)15-18-7-6-8-20(12-18)27(28,29)30/h6-8,12-13,16-17H,4-5,9-11,14-15H2,1-3H3. The predicted molar refractivity (Wildman–Crippen MR) is 149 cm³/mol. The molecule has 0 saturated heterocycles. The molecule has 0 N–H and O–H groups in total. The molecular weight excluding hydrogens is 543 g/mol. The first-order valence-corrected chi connectivity index (χ1v) is 13.6. The van der Waals surface area contributed by atoms with Crippen molar-refractivity contribution in [1.82, 2.24) is 33.4 Å². The maximum Gasteiger partial charge on any atom is 0.416 e. The Morgan fingerprint density at radius 3 is 2.58 bits per heavy atom. The summed E-state index contributed by atoms with van der Waals surface area (Å²) < 4.78 is 45.4. The molecule has 3 aromatic heterocycles. The fraction of sp³-hybridized carbons (Fsp3) is 0.444. The summed E-state index contributed by atoms with van der Waals surface area (Å²) in [6, 6.07) is 5.08. The van der Waals surface area contributed by atoms with E-state index in [-0.39, 0.29) is 24.3 Å². The number of thiocarbonyl (C=S) groups is 1. The zero-order valence-electron chi connectivity index (χ0n) is 22.5. The maximum atomic E-state index is 13.7. The van der Waals surface area contributed by atoms with Crippen LogP contribution in [0, 0.1) is 5.92 Å². The Kier molecular flexibility index (Phi) is 7.42. The number of fused-ring (bicyclic) bond motifs is 1. The molecule has 0 radical (unpaired) electrons. The van der Waals surface area contributed by atoms with Gasteiger partial charge in [0.15, 0.2) is 22.1 Å². The van der Waals surface area contributed by atoms with Crippen LogP contribution in [0.25, 0.3) is 22.6 Å². The zero-order chi connectivity index (χ0) is 28.8. The van der Waals surface area contributed by atoms with Crippen LogP contribution in [-0.4, -0.2) is 52.1 Å². The first-order chi connectivity index (χ1) is 19.0. The molecular formula is C27H30F3N7O2S. The number of hydrogen-bond acceptors (Lipinski definition) is 5. The van der Waals surface area contributed by atoms with Gasteiger partial charge < -0.3 is 4.90 Å². The number of halogens is 3. The third-order valence-corrected chi connectivity index (χ3v) is 7.52. The van der Waals surface area contributed by atoms with E-state index in [2.05, 4.69) is 5.10 Å². The highest BCUT2D eigenvalue weighted by molar-refractivity contribution is 7.80. The smallest absolute Gasteiger partial charge is 0.351 e. The van der Waals surface area contributed by atoms with E-state index in [1.165, 1.54) is 26.1 Å². The van der Waals surface area contributed by atoms with Gasteiger partial charge in [-0.1, -0.05) is 19.1 Å². The van der Waals surface area contributed by atoms with Gasteiger partial charge in [-0.05, 0) is 62.0 Å². The average Bonchev–Trinajstić information content (AvgIpc) is 3.46. The first-order valence-electron chi connectivity index (χ1n) is 13.2. The van der Waals surface area contributed by atoms with Crippen molar-refractivity contribution in [3.63, 3.8) is 0 Å². The third kappa shape index (κ3) is 5.21. The van der Waals surface area contributed by atoms with Gasteiger partial charge >= 0.3 is 11.9 Å². The highest BCUT2D eigenvalue weighted by Gasteiger charge is 2.31. The molecule has 0 atom stereocenters. The molecule has 1 aromatic carbocycles. The number of alkyl halides is 3. The highest BCUT2D eigenvalue weighted by Crippen LogP contribution is 2.31. The Morgan fingerprint density at radius 2 is 1.93 bits per heavy atom. The summed E-state index contributed by atoms with van der Waals surface area (Å²) in [6.45, 7) is 5.08. The number of rotatable bonds is 8. The number of hydrogen-bond donors (Lipinski definition) is 0. The second-order valence-electron chi connectivity index (χ2n) is 10.2. The van der Waals surface area contributed by atoms with Crippen molar-refractivity contribution in [2.45, 2.75) is 58.9 Å². The van der Waals surface area contributed by atoms with Crippen molar-refractivity contribution in [2.24, 2.45) is 5.92 Å². The Morgan fingerprint density at radius 1 is 1.18 bits per heavy atom. The van der Waals surface area contributed by atoms with Gasteiger partial charge in [0.25, 0.3) is 5.56 Å². The zero-order valence-corrected chi connectivity index (χ0v) is 23.3. The second-order valence-corrected chi connectivity index (χ2v) is 10.5. The lowest BCUT2D eigenvalue weighted by atomic mass is 10.1. The number of aryl methyl sites for hydroxylation is 1. The van der Waals surface area contributed by atoms with Crippen LogP contribution in [0.2, 0.25) is 0 Å². The molecule has 0 bridgehead atoms. The summed E-state index contributed by atoms with van der Waals surface area (Å²) in [7, 11) is 1.87. The Hall–Kier alpha value is -3.74. The van der Waals surface area contributed by atoms with Crippen molar-refractivity contribution in [3.05, 3.63) is 68.6 Å². The van der Waals surface area contributed by atoms with Gasteiger partial charge in [-0.3, -0.25) is 23.2 Å². The van der Waals surface area contributed by atoms with Gasteiger partial charge in [-0.15, -0.1) is 0 Å². The number of aromatic nitrogens is 6. The minimum Gasteiger partial charge on any atom is -0.351 e. The van der Waals surface area contributed by atoms with Crippen LogP contribution >= 0.6 is 12.2 Å². The SMILES string of the molecule is CCCn1c(=O)c2c(nc(-c3cnn(Cc4cccc(C(F)(F)F)c4)c3)n2C(=S)N(C)CC2CC2)n(CC)c1=O. The predicted octanol–water partition coefficient (Wildman–Crippen LogP) is 4.20. The van der Waals surface area contributed by atoms with Crippen LogP contribution in [-0.2, 0) is 25.8 Å². The van der Waals surface area contributed by atoms with Crippen molar-refractivity contribution in [3.8, 4) is 11.4 Å². The van der Waals surface area contributed by atoms with Gasteiger partial charge in [0, 0.05) is 32.9 Å². The van der Waals surface area contributed by atoms with Gasteiger partial charge in [-0.25, -0.2) is 9.78 Å². The van der Waals surface area contributed by atoms with Crippen molar-refractivity contribution in [1.29, 1.82) is 0 Å². The topological polar surface area (TPSA) is 82.9 Å². The van der Waals surface area contributed by atoms with E-state index < -0.39 is 23.0 Å². The van der Waals surface area contributed by atoms with Crippen LogP contribution in [0.1, 0.15) is 44.2 Å². The van der Waals surface area contributed by atoms with Crippen LogP contribution in [0.15, 0.2) is 46.2 Å². The normalized spacial score (nSPS) is 13.8. The monoisotopic (exact) mass is 573 g/mol. The quantitative estimate of drug-likeness (QED) is 0.294. The van der Waals surface area contributed by atoms with Gasteiger partial charge in [0.2, 0.25) is 0 Å². The molecule has 5 rings (SSSR count). The molecule has 0 unspecified atom stereocenters.